The Bertz CT molecular complexity index is 777. The van der Waals surface area contributed by atoms with Gasteiger partial charge in [-0.15, -0.1) is 0 Å². The van der Waals surface area contributed by atoms with Crippen LogP contribution in [-0.4, -0.2) is 70.1 Å². The average molecular weight is 355 g/mol. The van der Waals surface area contributed by atoms with Crippen LogP contribution in [0.5, 0.6) is 0 Å². The number of methoxy groups -OCH3 is 1. The Kier molecular flexibility index (Phi) is 5.30. The topological polar surface area (TPSA) is 147 Å². The number of rotatable bonds is 7. The molecule has 0 saturated carbocycles. The molecular formula is C14H21N5O6. The SMILES string of the molecule is CCOCOC1C(O)C(COC)OC1n1cnc2c(=O)[nH]c(N)nc21. The molecule has 1 saturated heterocycles. The van der Waals surface area contributed by atoms with Gasteiger partial charge in [-0.3, -0.25) is 14.3 Å². The second-order valence-corrected chi connectivity index (χ2v) is 5.53. The van der Waals surface area contributed by atoms with E-state index >= 15 is 0 Å². The summed E-state index contributed by atoms with van der Waals surface area (Å²) < 4.78 is 23.3. The number of aliphatic hydroxyl groups is 1. The Morgan fingerprint density at radius 3 is 3.04 bits per heavy atom. The maximum atomic E-state index is 11.9. The van der Waals surface area contributed by atoms with Gasteiger partial charge in [0, 0.05) is 13.7 Å². The highest BCUT2D eigenvalue weighted by Crippen LogP contribution is 2.33. The van der Waals surface area contributed by atoms with Crippen molar-refractivity contribution >= 4 is 17.1 Å². The van der Waals surface area contributed by atoms with Crippen LogP contribution in [0.15, 0.2) is 11.1 Å². The first-order valence-electron chi connectivity index (χ1n) is 7.81. The van der Waals surface area contributed by atoms with E-state index in [1.54, 1.807) is 0 Å². The van der Waals surface area contributed by atoms with E-state index in [1.807, 2.05) is 6.92 Å². The van der Waals surface area contributed by atoms with Crippen molar-refractivity contribution in [3.63, 3.8) is 0 Å². The summed E-state index contributed by atoms with van der Waals surface area (Å²) in [4.78, 5) is 22.5. The molecule has 2 aromatic rings. The van der Waals surface area contributed by atoms with Crippen LogP contribution in [0.3, 0.4) is 0 Å². The van der Waals surface area contributed by atoms with Gasteiger partial charge in [0.05, 0.1) is 12.9 Å². The highest BCUT2D eigenvalue weighted by atomic mass is 16.7. The summed E-state index contributed by atoms with van der Waals surface area (Å²) in [6.45, 7) is 2.46. The number of fused-ring (bicyclic) bond motifs is 1. The number of nitrogens with two attached hydrogens (primary N) is 1. The summed E-state index contributed by atoms with van der Waals surface area (Å²) in [5.74, 6) is -0.0435. The summed E-state index contributed by atoms with van der Waals surface area (Å²) in [6, 6.07) is 0. The second-order valence-electron chi connectivity index (χ2n) is 5.53. The molecule has 0 amide bonds. The van der Waals surface area contributed by atoms with Crippen molar-refractivity contribution in [3.8, 4) is 0 Å². The molecular weight excluding hydrogens is 334 g/mol. The zero-order chi connectivity index (χ0) is 18.0. The Morgan fingerprint density at radius 1 is 1.52 bits per heavy atom. The van der Waals surface area contributed by atoms with Gasteiger partial charge in [0.15, 0.2) is 17.4 Å². The summed E-state index contributed by atoms with van der Waals surface area (Å²) in [5, 5.41) is 10.5. The van der Waals surface area contributed by atoms with E-state index in [9.17, 15) is 9.90 Å². The molecule has 1 fully saturated rings. The number of aromatic nitrogens is 4. The molecule has 0 radical (unpaired) electrons. The minimum absolute atomic E-state index is 0.0133. The smallest absolute Gasteiger partial charge is 0.280 e. The third-order valence-corrected chi connectivity index (χ3v) is 3.92. The van der Waals surface area contributed by atoms with Gasteiger partial charge in [-0.2, -0.15) is 4.98 Å². The van der Waals surface area contributed by atoms with Crippen LogP contribution in [0, 0.1) is 0 Å². The van der Waals surface area contributed by atoms with Crippen molar-refractivity contribution in [3.05, 3.63) is 16.7 Å². The quantitative estimate of drug-likeness (QED) is 0.419. The van der Waals surface area contributed by atoms with Crippen molar-refractivity contribution in [2.75, 3.05) is 32.9 Å². The zero-order valence-corrected chi connectivity index (χ0v) is 13.9. The van der Waals surface area contributed by atoms with Crippen LogP contribution < -0.4 is 11.3 Å². The molecule has 4 atom stereocenters. The van der Waals surface area contributed by atoms with E-state index < -0.39 is 30.1 Å². The number of hydrogen-bond donors (Lipinski definition) is 3. The minimum Gasteiger partial charge on any atom is -0.387 e. The molecule has 0 spiro atoms. The van der Waals surface area contributed by atoms with E-state index in [1.165, 1.54) is 18.0 Å². The maximum Gasteiger partial charge on any atom is 0.280 e. The molecule has 4 N–H and O–H groups in total. The molecule has 11 heteroatoms. The monoisotopic (exact) mass is 355 g/mol. The first-order chi connectivity index (χ1) is 12.1. The summed E-state index contributed by atoms with van der Waals surface area (Å²) >= 11 is 0. The second kappa shape index (κ2) is 7.45. The van der Waals surface area contributed by atoms with Crippen LogP contribution >= 0.6 is 0 Å². The number of nitrogen functional groups attached to an aromatic ring is 1. The number of anilines is 1. The molecule has 138 valence electrons. The van der Waals surface area contributed by atoms with Gasteiger partial charge < -0.3 is 29.8 Å². The normalized spacial score (nSPS) is 26.5. The van der Waals surface area contributed by atoms with Crippen molar-refractivity contribution < 1.29 is 24.1 Å². The molecule has 0 aromatic carbocycles. The van der Waals surface area contributed by atoms with Crippen molar-refractivity contribution in [2.24, 2.45) is 0 Å². The standard InChI is InChI=1S/C14H21N5O6/c1-3-23-6-24-10-9(20)7(4-22-2)25-13(10)19-5-16-8-11(19)17-14(15)18-12(8)21/h5,7,9-10,13,20H,3-4,6H2,1-2H3,(H3,15,17,18,21). The van der Waals surface area contributed by atoms with Crippen LogP contribution in [0.4, 0.5) is 5.95 Å². The van der Waals surface area contributed by atoms with Crippen LogP contribution in [0.2, 0.25) is 0 Å². The Labute approximate surface area is 142 Å². The minimum atomic E-state index is -0.956. The molecule has 0 bridgehead atoms. The van der Waals surface area contributed by atoms with Gasteiger partial charge >= 0.3 is 0 Å². The lowest BCUT2D eigenvalue weighted by Crippen LogP contribution is -2.36. The molecule has 0 aliphatic carbocycles. The summed E-state index contributed by atoms with van der Waals surface area (Å²) in [6.07, 6.45) is -1.70. The fourth-order valence-electron chi connectivity index (χ4n) is 2.76. The van der Waals surface area contributed by atoms with Crippen molar-refractivity contribution in [1.29, 1.82) is 0 Å². The van der Waals surface area contributed by atoms with Gasteiger partial charge in [-0.05, 0) is 6.92 Å². The number of aromatic amines is 1. The van der Waals surface area contributed by atoms with Crippen molar-refractivity contribution in [1.82, 2.24) is 19.5 Å². The lowest BCUT2D eigenvalue weighted by atomic mass is 10.1. The predicted molar refractivity (Wildman–Crippen MR) is 85.7 cm³/mol. The molecule has 3 rings (SSSR count). The fraction of sp³-hybridized carbons (Fsp3) is 0.643. The summed E-state index contributed by atoms with van der Waals surface area (Å²) in [7, 11) is 1.51. The number of nitrogens with one attached hydrogen (secondary N) is 1. The molecule has 11 nitrogen and oxygen atoms in total. The highest BCUT2D eigenvalue weighted by Gasteiger charge is 2.46. The molecule has 25 heavy (non-hydrogen) atoms. The predicted octanol–water partition coefficient (Wildman–Crippen LogP) is -1.01. The van der Waals surface area contributed by atoms with E-state index in [-0.39, 0.29) is 30.5 Å². The number of hydrogen-bond acceptors (Lipinski definition) is 9. The fourth-order valence-corrected chi connectivity index (χ4v) is 2.76. The van der Waals surface area contributed by atoms with Crippen LogP contribution in [0.1, 0.15) is 13.2 Å². The van der Waals surface area contributed by atoms with E-state index in [0.29, 0.717) is 6.61 Å². The van der Waals surface area contributed by atoms with Gasteiger partial charge in [0.1, 0.15) is 25.1 Å². The largest absolute Gasteiger partial charge is 0.387 e. The maximum absolute atomic E-state index is 11.9. The van der Waals surface area contributed by atoms with Crippen LogP contribution in [-0.2, 0) is 18.9 Å². The molecule has 1 aliphatic rings. The Balaban J connectivity index is 1.96. The van der Waals surface area contributed by atoms with E-state index in [2.05, 4.69) is 15.0 Å². The van der Waals surface area contributed by atoms with E-state index in [0.717, 1.165) is 0 Å². The molecule has 1 aliphatic heterocycles. The first-order valence-corrected chi connectivity index (χ1v) is 7.81. The van der Waals surface area contributed by atoms with Gasteiger partial charge in [-0.25, -0.2) is 4.98 Å². The zero-order valence-electron chi connectivity index (χ0n) is 13.9. The molecule has 4 unspecified atom stereocenters. The Hall–Kier alpha value is -2.05. The van der Waals surface area contributed by atoms with Gasteiger partial charge in [-0.1, -0.05) is 0 Å². The van der Waals surface area contributed by atoms with E-state index in [4.69, 9.17) is 24.7 Å². The Morgan fingerprint density at radius 2 is 2.32 bits per heavy atom. The molecule has 3 heterocycles. The van der Waals surface area contributed by atoms with Crippen molar-refractivity contribution in [2.45, 2.75) is 31.5 Å². The first kappa shape index (κ1) is 17.8. The average Bonchev–Trinajstić information content (AvgIpc) is 3.11. The number of ether oxygens (including phenoxy) is 4. The number of H-pyrrole nitrogens is 1. The lowest BCUT2D eigenvalue weighted by molar-refractivity contribution is -0.136. The van der Waals surface area contributed by atoms with Gasteiger partial charge in [0.25, 0.3) is 5.56 Å². The lowest BCUT2D eigenvalue weighted by Gasteiger charge is -2.21. The number of nitrogens with zero attached hydrogens (tertiary/aromatic N) is 3. The third-order valence-electron chi connectivity index (χ3n) is 3.92. The number of imidazole rings is 1. The highest BCUT2D eigenvalue weighted by molar-refractivity contribution is 5.70. The number of aliphatic hydroxyl groups excluding tert-OH is 1. The van der Waals surface area contributed by atoms with Gasteiger partial charge in [0.2, 0.25) is 5.95 Å². The summed E-state index contributed by atoms with van der Waals surface area (Å²) in [5.41, 5.74) is 5.51. The third kappa shape index (κ3) is 3.37. The van der Waals surface area contributed by atoms with Crippen LogP contribution in [0.25, 0.3) is 11.2 Å². The molecule has 2 aromatic heterocycles.